The third kappa shape index (κ3) is 4.32. The Bertz CT molecular complexity index is 1220. The van der Waals surface area contributed by atoms with Gasteiger partial charge in [-0.25, -0.2) is 24.9 Å². The fourth-order valence-corrected chi connectivity index (χ4v) is 3.38. The third-order valence-corrected chi connectivity index (χ3v) is 5.03. The first-order valence-corrected chi connectivity index (χ1v) is 10.1. The van der Waals surface area contributed by atoms with Gasteiger partial charge in [-0.2, -0.15) is 0 Å². The quantitative estimate of drug-likeness (QED) is 0.496. The van der Waals surface area contributed by atoms with Crippen LogP contribution in [0.2, 0.25) is 0 Å². The molecule has 1 amide bonds. The molecule has 0 saturated heterocycles. The molecule has 1 aromatic carbocycles. The summed E-state index contributed by atoms with van der Waals surface area (Å²) >= 11 is 0. The first-order valence-electron chi connectivity index (χ1n) is 10.1. The topological polar surface area (TPSA) is 106 Å². The summed E-state index contributed by atoms with van der Waals surface area (Å²) in [5.41, 5.74) is 3.72. The van der Waals surface area contributed by atoms with Crippen molar-refractivity contribution < 1.29 is 4.79 Å². The van der Waals surface area contributed by atoms with Crippen LogP contribution >= 0.6 is 0 Å². The number of fused-ring (bicyclic) bond motifs is 1. The fraction of sp³-hybridized carbons (Fsp3) is 0.217. The van der Waals surface area contributed by atoms with Gasteiger partial charge in [0.25, 0.3) is 5.91 Å². The zero-order chi connectivity index (χ0) is 21.8. The summed E-state index contributed by atoms with van der Waals surface area (Å²) in [7, 11) is 1.60. The molecule has 3 aromatic heterocycles. The molecule has 0 unspecified atom stereocenters. The van der Waals surface area contributed by atoms with Crippen LogP contribution in [0, 0.1) is 6.92 Å². The molecule has 0 aliphatic heterocycles. The van der Waals surface area contributed by atoms with Crippen LogP contribution in [0.3, 0.4) is 0 Å². The van der Waals surface area contributed by atoms with E-state index in [0.29, 0.717) is 17.5 Å². The van der Waals surface area contributed by atoms with Gasteiger partial charge in [0.15, 0.2) is 0 Å². The number of pyridine rings is 1. The fourth-order valence-electron chi connectivity index (χ4n) is 3.38. The highest BCUT2D eigenvalue weighted by molar-refractivity contribution is 5.95. The summed E-state index contributed by atoms with van der Waals surface area (Å²) in [6.45, 7) is 3.92. The highest BCUT2D eigenvalue weighted by atomic mass is 16.1. The molecule has 1 atom stereocenters. The minimum Gasteiger partial charge on any atom is -0.354 e. The number of carbonyl (C=O) groups is 1. The van der Waals surface area contributed by atoms with Gasteiger partial charge in [-0.05, 0) is 25.5 Å². The number of aryl methyl sites for hydroxylation is 1. The number of nitrogens with one attached hydrogen (secondary N) is 2. The van der Waals surface area contributed by atoms with Gasteiger partial charge >= 0.3 is 0 Å². The minimum absolute atomic E-state index is 0.0827. The van der Waals surface area contributed by atoms with Crippen LogP contribution in [-0.2, 0) is 0 Å². The second-order valence-corrected chi connectivity index (χ2v) is 7.08. The molecule has 0 bridgehead atoms. The maximum atomic E-state index is 12.1. The molecule has 0 fully saturated rings. The summed E-state index contributed by atoms with van der Waals surface area (Å²) in [6, 6.07) is 11.4. The van der Waals surface area contributed by atoms with Gasteiger partial charge in [-0.3, -0.25) is 4.79 Å². The Morgan fingerprint density at radius 2 is 1.84 bits per heavy atom. The highest BCUT2D eigenvalue weighted by Gasteiger charge is 2.17. The van der Waals surface area contributed by atoms with Gasteiger partial charge in [0, 0.05) is 42.2 Å². The Morgan fingerprint density at radius 1 is 1.03 bits per heavy atom. The smallest absolute Gasteiger partial charge is 0.269 e. The molecular weight excluding hydrogens is 390 g/mol. The number of benzene rings is 1. The van der Waals surface area contributed by atoms with Crippen LogP contribution < -0.4 is 10.6 Å². The summed E-state index contributed by atoms with van der Waals surface area (Å²) in [5.74, 6) is 1.00. The molecular formula is C23H23N7O. The second-order valence-electron chi connectivity index (χ2n) is 7.08. The average Bonchev–Trinajstić information content (AvgIpc) is 2.82. The predicted molar refractivity (Wildman–Crippen MR) is 120 cm³/mol. The molecule has 0 spiro atoms. The molecule has 31 heavy (non-hydrogen) atoms. The normalized spacial score (nSPS) is 11.8. The maximum Gasteiger partial charge on any atom is 0.269 e. The molecule has 8 heteroatoms. The highest BCUT2D eigenvalue weighted by Crippen LogP contribution is 2.28. The maximum absolute atomic E-state index is 12.1. The van der Waals surface area contributed by atoms with Crippen molar-refractivity contribution in [2.24, 2.45) is 0 Å². The number of amides is 1. The number of carbonyl (C=O) groups excluding carboxylic acids is 1. The minimum atomic E-state index is -0.214. The molecule has 0 saturated carbocycles. The van der Waals surface area contributed by atoms with Gasteiger partial charge in [0.2, 0.25) is 5.95 Å². The standard InChI is InChI=1S/C23H23N7O/c1-4-18(17-7-5-6-15-8-9-20(22(31)24-3)28-21(15)17)29-23-25-11-10-19(30-23)16-12-26-14(2)27-13-16/h5-13,18H,4H2,1-3H3,(H,24,31)(H,25,29,30)/t18-/m0/s1. The van der Waals surface area contributed by atoms with Crippen molar-refractivity contribution in [1.29, 1.82) is 0 Å². The number of hydrogen-bond acceptors (Lipinski definition) is 7. The zero-order valence-electron chi connectivity index (χ0n) is 17.6. The Labute approximate surface area is 180 Å². The molecule has 0 aliphatic carbocycles. The Kier molecular flexibility index (Phi) is 5.79. The molecule has 156 valence electrons. The van der Waals surface area contributed by atoms with E-state index >= 15 is 0 Å². The molecule has 2 N–H and O–H groups in total. The SMILES string of the molecule is CC[C@H](Nc1nccc(-c2cnc(C)nc2)n1)c1cccc2ccc(C(=O)NC)nc12. The largest absolute Gasteiger partial charge is 0.354 e. The van der Waals surface area contributed by atoms with Crippen molar-refractivity contribution in [2.45, 2.75) is 26.3 Å². The van der Waals surface area contributed by atoms with Gasteiger partial charge < -0.3 is 10.6 Å². The summed E-state index contributed by atoms with van der Waals surface area (Å²) in [4.78, 5) is 34.2. The third-order valence-electron chi connectivity index (χ3n) is 5.03. The lowest BCUT2D eigenvalue weighted by atomic mass is 10.0. The van der Waals surface area contributed by atoms with Crippen LogP contribution in [0.5, 0.6) is 0 Å². The van der Waals surface area contributed by atoms with Crippen molar-refractivity contribution in [3.05, 3.63) is 72.1 Å². The van der Waals surface area contributed by atoms with E-state index in [1.165, 1.54) is 0 Å². The number of hydrogen-bond donors (Lipinski definition) is 2. The first kappa shape index (κ1) is 20.3. The van der Waals surface area contributed by atoms with E-state index in [1.807, 2.05) is 37.3 Å². The van der Waals surface area contributed by atoms with Crippen molar-refractivity contribution in [3.63, 3.8) is 0 Å². The van der Waals surface area contributed by atoms with E-state index < -0.39 is 0 Å². The predicted octanol–water partition coefficient (Wildman–Crippen LogP) is 3.71. The first-order chi connectivity index (χ1) is 15.1. The number of aromatic nitrogens is 5. The van der Waals surface area contributed by atoms with Crippen LogP contribution in [0.25, 0.3) is 22.2 Å². The number of anilines is 1. The molecule has 3 heterocycles. The van der Waals surface area contributed by atoms with Gasteiger partial charge in [0.1, 0.15) is 11.5 Å². The van der Waals surface area contributed by atoms with Crippen molar-refractivity contribution >= 4 is 22.8 Å². The average molecular weight is 413 g/mol. The lowest BCUT2D eigenvalue weighted by Crippen LogP contribution is -2.19. The zero-order valence-corrected chi connectivity index (χ0v) is 17.6. The molecule has 4 rings (SSSR count). The van der Waals surface area contributed by atoms with E-state index in [1.54, 1.807) is 31.7 Å². The van der Waals surface area contributed by atoms with Crippen molar-refractivity contribution in [1.82, 2.24) is 30.2 Å². The summed E-state index contributed by atoms with van der Waals surface area (Å²) in [5, 5.41) is 7.01. The Balaban J connectivity index is 1.68. The summed E-state index contributed by atoms with van der Waals surface area (Å²) < 4.78 is 0. The van der Waals surface area contributed by atoms with Gasteiger partial charge in [0.05, 0.1) is 17.3 Å². The van der Waals surface area contributed by atoms with Gasteiger partial charge in [-0.1, -0.05) is 31.2 Å². The van der Waals surface area contributed by atoms with Crippen LogP contribution in [0.1, 0.15) is 41.3 Å². The number of para-hydroxylation sites is 1. The van der Waals surface area contributed by atoms with Crippen molar-refractivity contribution in [2.75, 3.05) is 12.4 Å². The second kappa shape index (κ2) is 8.83. The van der Waals surface area contributed by atoms with Crippen LogP contribution in [0.15, 0.2) is 55.0 Å². The van der Waals surface area contributed by atoms with E-state index in [-0.39, 0.29) is 11.9 Å². The van der Waals surface area contributed by atoms with Crippen LogP contribution in [0.4, 0.5) is 5.95 Å². The lowest BCUT2D eigenvalue weighted by Gasteiger charge is -2.19. The van der Waals surface area contributed by atoms with E-state index in [0.717, 1.165) is 34.1 Å². The van der Waals surface area contributed by atoms with Crippen LogP contribution in [-0.4, -0.2) is 37.9 Å². The Hall–Kier alpha value is -3.94. The van der Waals surface area contributed by atoms with Gasteiger partial charge in [-0.15, -0.1) is 0 Å². The van der Waals surface area contributed by atoms with E-state index in [9.17, 15) is 4.79 Å². The molecule has 0 radical (unpaired) electrons. The summed E-state index contributed by atoms with van der Waals surface area (Å²) in [6.07, 6.45) is 6.00. The molecule has 8 nitrogen and oxygen atoms in total. The van der Waals surface area contributed by atoms with E-state index in [4.69, 9.17) is 0 Å². The van der Waals surface area contributed by atoms with E-state index in [2.05, 4.69) is 42.5 Å². The number of nitrogens with zero attached hydrogens (tertiary/aromatic N) is 5. The molecule has 4 aromatic rings. The Morgan fingerprint density at radius 3 is 2.58 bits per heavy atom. The lowest BCUT2D eigenvalue weighted by molar-refractivity contribution is 0.0958. The number of rotatable bonds is 6. The monoisotopic (exact) mass is 413 g/mol. The molecule has 0 aliphatic rings. The van der Waals surface area contributed by atoms with Crippen molar-refractivity contribution in [3.8, 4) is 11.3 Å².